The minimum atomic E-state index is -4.93. The number of nitrogens with two attached hydrogens (primary N) is 1. The average molecular weight is 326 g/mol. The van der Waals surface area contributed by atoms with Crippen LogP contribution in [0.1, 0.15) is 29.2 Å². The van der Waals surface area contributed by atoms with Crippen LogP contribution >= 0.6 is 12.4 Å². The van der Waals surface area contributed by atoms with E-state index in [4.69, 9.17) is 5.73 Å². The highest BCUT2D eigenvalue weighted by Gasteiger charge is 2.37. The first-order valence-corrected chi connectivity index (χ1v) is 5.16. The summed E-state index contributed by atoms with van der Waals surface area (Å²) in [4.78, 5) is 0. The van der Waals surface area contributed by atoms with Gasteiger partial charge in [0, 0.05) is 6.04 Å². The second kappa shape index (κ2) is 6.62. The quantitative estimate of drug-likeness (QED) is 0.813. The molecule has 0 saturated carbocycles. The molecule has 0 spiro atoms. The Kier molecular flexibility index (Phi) is 6.28. The fourth-order valence-corrected chi connectivity index (χ4v) is 1.48. The van der Waals surface area contributed by atoms with Gasteiger partial charge in [0.15, 0.2) is 0 Å². The summed E-state index contributed by atoms with van der Waals surface area (Å²) in [6, 6.07) is -0.190. The first-order chi connectivity index (χ1) is 8.55. The number of hydrogen-bond acceptors (Lipinski definition) is 1. The average Bonchev–Trinajstić information content (AvgIpc) is 2.26. The van der Waals surface area contributed by atoms with Gasteiger partial charge in [0.05, 0.1) is 17.8 Å². The molecule has 1 aromatic carbocycles. The van der Waals surface area contributed by atoms with Crippen LogP contribution in [0.25, 0.3) is 0 Å². The Balaban J connectivity index is 0.00000361. The third kappa shape index (κ3) is 4.82. The van der Waals surface area contributed by atoms with E-state index in [9.17, 15) is 30.7 Å². The summed E-state index contributed by atoms with van der Waals surface area (Å²) in [5.74, 6) is 0. The normalized spacial score (nSPS) is 13.8. The molecule has 116 valence electrons. The number of hydrogen-bond donors (Lipinski definition) is 1. The highest BCUT2D eigenvalue weighted by molar-refractivity contribution is 5.85. The molecule has 0 aromatic heterocycles. The molecule has 20 heavy (non-hydrogen) atoms. The number of rotatable bonds is 3. The molecule has 0 saturated heterocycles. The predicted octanol–water partition coefficient (Wildman–Crippen LogP) is 4.51. The number of halogens is 8. The summed E-state index contributed by atoms with van der Waals surface area (Å²) in [6.07, 6.45) is -10.2. The first kappa shape index (κ1) is 19.0. The van der Waals surface area contributed by atoms with Gasteiger partial charge in [0.2, 0.25) is 0 Å². The van der Waals surface area contributed by atoms with Gasteiger partial charge in [0.25, 0.3) is 0 Å². The molecule has 0 aliphatic heterocycles. The third-order valence-electron chi connectivity index (χ3n) is 2.46. The fourth-order valence-electron chi connectivity index (χ4n) is 1.48. The van der Waals surface area contributed by atoms with E-state index in [1.54, 1.807) is 0 Å². The van der Waals surface area contributed by atoms with Crippen molar-refractivity contribution in [2.75, 3.05) is 6.67 Å². The van der Waals surface area contributed by atoms with Gasteiger partial charge in [-0.05, 0) is 30.2 Å². The van der Waals surface area contributed by atoms with Crippen LogP contribution in [0.15, 0.2) is 18.2 Å². The van der Waals surface area contributed by atoms with Gasteiger partial charge in [-0.3, -0.25) is 4.39 Å². The van der Waals surface area contributed by atoms with Crippen LogP contribution in [0.3, 0.4) is 0 Å². The minimum absolute atomic E-state index is 0. The minimum Gasteiger partial charge on any atom is -0.324 e. The summed E-state index contributed by atoms with van der Waals surface area (Å²) in [6.45, 7) is -0.932. The Hall–Kier alpha value is -1.02. The number of alkyl halides is 7. The van der Waals surface area contributed by atoms with E-state index >= 15 is 0 Å². The summed E-state index contributed by atoms with van der Waals surface area (Å²) < 4.78 is 87.1. The van der Waals surface area contributed by atoms with Crippen LogP contribution in [0.4, 0.5) is 30.7 Å². The molecule has 0 radical (unpaired) electrons. The smallest absolute Gasteiger partial charge is 0.324 e. The van der Waals surface area contributed by atoms with E-state index in [-0.39, 0.29) is 30.5 Å². The first-order valence-electron chi connectivity index (χ1n) is 5.16. The SMILES string of the molecule is Cl.N[C@@H](CCF)c1cc(C(F)(F)F)cc(C(F)(F)F)c1. The van der Waals surface area contributed by atoms with Crippen molar-refractivity contribution in [3.63, 3.8) is 0 Å². The molecule has 1 rings (SSSR count). The van der Waals surface area contributed by atoms with Crippen molar-refractivity contribution in [1.29, 1.82) is 0 Å². The molecule has 1 nitrogen and oxygen atoms in total. The van der Waals surface area contributed by atoms with Crippen molar-refractivity contribution in [3.05, 3.63) is 34.9 Å². The summed E-state index contributed by atoms with van der Waals surface area (Å²) in [5, 5.41) is 0. The molecular weight excluding hydrogens is 315 g/mol. The van der Waals surface area contributed by atoms with Crippen molar-refractivity contribution in [2.45, 2.75) is 24.8 Å². The van der Waals surface area contributed by atoms with Crippen molar-refractivity contribution in [3.8, 4) is 0 Å². The maximum absolute atomic E-state index is 12.5. The van der Waals surface area contributed by atoms with E-state index in [2.05, 4.69) is 0 Å². The van der Waals surface area contributed by atoms with E-state index < -0.39 is 36.2 Å². The molecule has 0 aliphatic rings. The molecule has 0 unspecified atom stereocenters. The zero-order valence-electron chi connectivity index (χ0n) is 9.85. The lowest BCUT2D eigenvalue weighted by Crippen LogP contribution is -2.16. The van der Waals surface area contributed by atoms with Crippen molar-refractivity contribution in [2.24, 2.45) is 5.73 Å². The molecule has 0 heterocycles. The van der Waals surface area contributed by atoms with Crippen molar-refractivity contribution in [1.82, 2.24) is 0 Å². The predicted molar refractivity (Wildman–Crippen MR) is 61.2 cm³/mol. The topological polar surface area (TPSA) is 26.0 Å². The van der Waals surface area contributed by atoms with Gasteiger partial charge in [-0.15, -0.1) is 12.4 Å². The van der Waals surface area contributed by atoms with Crippen LogP contribution in [0, 0.1) is 0 Å². The lowest BCUT2D eigenvalue weighted by molar-refractivity contribution is -0.143. The maximum atomic E-state index is 12.5. The summed E-state index contributed by atoms with van der Waals surface area (Å²) >= 11 is 0. The van der Waals surface area contributed by atoms with Crippen molar-refractivity contribution >= 4 is 12.4 Å². The Morgan fingerprint density at radius 2 is 1.30 bits per heavy atom. The van der Waals surface area contributed by atoms with Gasteiger partial charge >= 0.3 is 12.4 Å². The molecule has 2 N–H and O–H groups in total. The van der Waals surface area contributed by atoms with E-state index in [0.717, 1.165) is 0 Å². The van der Waals surface area contributed by atoms with Crippen LogP contribution < -0.4 is 5.73 Å². The highest BCUT2D eigenvalue weighted by atomic mass is 35.5. The highest BCUT2D eigenvalue weighted by Crippen LogP contribution is 2.37. The molecule has 0 fully saturated rings. The summed E-state index contributed by atoms with van der Waals surface area (Å²) in [7, 11) is 0. The van der Waals surface area contributed by atoms with E-state index in [1.165, 1.54) is 0 Å². The van der Waals surface area contributed by atoms with Gasteiger partial charge in [-0.25, -0.2) is 0 Å². The fraction of sp³-hybridized carbons (Fsp3) is 0.455. The van der Waals surface area contributed by atoms with E-state index in [0.29, 0.717) is 12.1 Å². The Bertz CT molecular complexity index is 409. The standard InChI is InChI=1S/C11H10F7N.ClH/c12-2-1-9(19)6-3-7(10(13,14)15)5-8(4-6)11(16,17)18;/h3-5,9H,1-2,19H2;1H/t9-;/m0./s1. The largest absolute Gasteiger partial charge is 0.416 e. The zero-order valence-corrected chi connectivity index (χ0v) is 10.7. The van der Waals surface area contributed by atoms with Crippen LogP contribution in [0.5, 0.6) is 0 Å². The zero-order chi connectivity index (χ0) is 14.8. The second-order valence-electron chi connectivity index (χ2n) is 3.92. The Morgan fingerprint density at radius 1 is 0.900 bits per heavy atom. The molecule has 0 amide bonds. The lowest BCUT2D eigenvalue weighted by atomic mass is 9.98. The van der Waals surface area contributed by atoms with Gasteiger partial charge in [-0.2, -0.15) is 26.3 Å². The van der Waals surface area contributed by atoms with Crippen LogP contribution in [0.2, 0.25) is 0 Å². The second-order valence-corrected chi connectivity index (χ2v) is 3.92. The van der Waals surface area contributed by atoms with Crippen LogP contribution in [-0.2, 0) is 12.4 Å². The van der Waals surface area contributed by atoms with Gasteiger partial charge < -0.3 is 5.73 Å². The lowest BCUT2D eigenvalue weighted by Gasteiger charge is -2.17. The third-order valence-corrected chi connectivity index (χ3v) is 2.46. The maximum Gasteiger partial charge on any atom is 0.416 e. The van der Waals surface area contributed by atoms with E-state index in [1.807, 2.05) is 0 Å². The molecule has 0 bridgehead atoms. The Labute approximate surface area is 116 Å². The van der Waals surface area contributed by atoms with Gasteiger partial charge in [0.1, 0.15) is 0 Å². The van der Waals surface area contributed by atoms with Crippen molar-refractivity contribution < 1.29 is 30.7 Å². The van der Waals surface area contributed by atoms with Crippen LogP contribution in [-0.4, -0.2) is 6.67 Å². The number of benzene rings is 1. The Morgan fingerprint density at radius 3 is 1.60 bits per heavy atom. The molecule has 1 aromatic rings. The molecule has 1 atom stereocenters. The molecule has 0 aliphatic carbocycles. The monoisotopic (exact) mass is 325 g/mol. The van der Waals surface area contributed by atoms with Gasteiger partial charge in [-0.1, -0.05) is 0 Å². The summed E-state index contributed by atoms with van der Waals surface area (Å²) in [5.41, 5.74) is 2.06. The molecular formula is C11H11ClF7N. The molecule has 9 heteroatoms.